The molecule has 4 rings (SSSR count). The number of aliphatic carboxylic acids is 1. The molecule has 198 valence electrons. The Morgan fingerprint density at radius 1 is 1.08 bits per heavy atom. The van der Waals surface area contributed by atoms with E-state index in [0.29, 0.717) is 18.0 Å². The topological polar surface area (TPSA) is 122 Å². The summed E-state index contributed by atoms with van der Waals surface area (Å²) in [5.41, 5.74) is 9.02. The number of nitrogens with two attached hydrogens (primary N) is 1. The molecule has 4 N–H and O–H groups in total. The lowest BCUT2D eigenvalue weighted by Crippen LogP contribution is -2.44. The molecule has 0 saturated carbocycles. The van der Waals surface area contributed by atoms with Crippen molar-refractivity contribution in [3.05, 3.63) is 64.7 Å². The molecule has 3 aromatic rings. The van der Waals surface area contributed by atoms with Gasteiger partial charge in [-0.1, -0.05) is 36.4 Å². The Morgan fingerprint density at radius 2 is 1.73 bits per heavy atom. The lowest BCUT2D eigenvalue weighted by Gasteiger charge is -2.26. The number of carbonyl (C=O) groups is 3. The second-order valence-corrected chi connectivity index (χ2v) is 9.74. The van der Waals surface area contributed by atoms with E-state index >= 15 is 0 Å². The number of nitrogens with one attached hydrogen (secondary N) is 1. The summed E-state index contributed by atoms with van der Waals surface area (Å²) >= 11 is 1.39. The monoisotopic (exact) mass is 535 g/mol. The number of fused-ring (bicyclic) bond motifs is 2. The third-order valence-corrected chi connectivity index (χ3v) is 7.10. The van der Waals surface area contributed by atoms with Crippen LogP contribution in [0.5, 0.6) is 0 Å². The fraction of sp³-hybridized carbons (Fsp3) is 0.385. The first-order valence-electron chi connectivity index (χ1n) is 11.9. The van der Waals surface area contributed by atoms with E-state index in [1.54, 1.807) is 0 Å². The number of aromatic nitrogens is 1. The van der Waals surface area contributed by atoms with E-state index in [2.05, 4.69) is 22.4 Å². The zero-order valence-corrected chi connectivity index (χ0v) is 20.8. The number of halogens is 3. The number of nitrogens with zero attached hydrogens (tertiary/aromatic N) is 1. The van der Waals surface area contributed by atoms with Crippen molar-refractivity contribution in [3.8, 4) is 0 Å². The standard InChI is InChI=1S/C24H27N3O2S.C2HF3O2/c25-14-6-5-10-20(22(28)24-27-19-9-3-4-11-21(19)30-24)26-23(29)18-13-12-16-7-1-2-8-17(16)15-18;3-2(4,5)1(6)7/h1-4,7-9,11,18,20H,5-6,10,12-15,25H2,(H,26,29);(H,6,7)/t18?,20-;/m0./s1. The van der Waals surface area contributed by atoms with Crippen molar-refractivity contribution >= 4 is 39.2 Å². The van der Waals surface area contributed by atoms with E-state index in [4.69, 9.17) is 15.6 Å². The zero-order valence-electron chi connectivity index (χ0n) is 20.0. The molecule has 1 amide bonds. The second kappa shape index (κ2) is 12.8. The summed E-state index contributed by atoms with van der Waals surface area (Å²) in [6.07, 6.45) is -0.429. The Hall–Kier alpha value is -3.31. The molecule has 37 heavy (non-hydrogen) atoms. The lowest BCUT2D eigenvalue weighted by atomic mass is 9.83. The quantitative estimate of drug-likeness (QED) is 0.288. The van der Waals surface area contributed by atoms with Crippen molar-refractivity contribution in [1.82, 2.24) is 10.3 Å². The molecule has 1 aliphatic carbocycles. The summed E-state index contributed by atoms with van der Waals surface area (Å²) in [5.74, 6) is -2.98. The van der Waals surface area contributed by atoms with Crippen LogP contribution in [0.1, 0.15) is 46.6 Å². The van der Waals surface area contributed by atoms with E-state index in [0.717, 1.165) is 42.3 Å². The summed E-state index contributed by atoms with van der Waals surface area (Å²) in [6, 6.07) is 15.5. The predicted octanol–water partition coefficient (Wildman–Crippen LogP) is 4.53. The van der Waals surface area contributed by atoms with Gasteiger partial charge in [0, 0.05) is 5.92 Å². The SMILES string of the molecule is NCCCC[C@H](NC(=O)C1CCc2ccccc2C1)C(=O)c1nc2ccccc2s1.O=C(O)C(F)(F)F. The molecular weight excluding hydrogens is 507 g/mol. The Labute approximate surface area is 215 Å². The van der Waals surface area contributed by atoms with Gasteiger partial charge < -0.3 is 16.2 Å². The van der Waals surface area contributed by atoms with Gasteiger partial charge in [-0.3, -0.25) is 9.59 Å². The number of carboxylic acid groups (broad SMARTS) is 1. The number of hydrogen-bond donors (Lipinski definition) is 3. The molecule has 0 aliphatic heterocycles. The number of Topliss-reactive ketones (excluding diaryl/α,β-unsaturated/α-hetero) is 1. The molecule has 2 aromatic carbocycles. The van der Waals surface area contributed by atoms with Gasteiger partial charge in [0.15, 0.2) is 5.01 Å². The summed E-state index contributed by atoms with van der Waals surface area (Å²) < 4.78 is 32.7. The number of unbranched alkanes of at least 4 members (excludes halogenated alkanes) is 1. The molecule has 7 nitrogen and oxygen atoms in total. The van der Waals surface area contributed by atoms with Crippen LogP contribution in [-0.2, 0) is 22.4 Å². The molecule has 0 fully saturated rings. The first-order valence-corrected chi connectivity index (χ1v) is 12.7. The van der Waals surface area contributed by atoms with Crippen LogP contribution in [-0.4, -0.2) is 46.5 Å². The first-order chi connectivity index (χ1) is 17.6. The number of carbonyl (C=O) groups excluding carboxylic acids is 2. The van der Waals surface area contributed by atoms with Crippen molar-refractivity contribution < 1.29 is 32.7 Å². The van der Waals surface area contributed by atoms with Crippen LogP contribution in [0.2, 0.25) is 0 Å². The second-order valence-electron chi connectivity index (χ2n) is 8.71. The van der Waals surface area contributed by atoms with Crippen LogP contribution in [0.25, 0.3) is 10.2 Å². The number of benzene rings is 2. The Kier molecular flexibility index (Phi) is 9.76. The minimum absolute atomic E-state index is 0.0308. The average Bonchev–Trinajstić information content (AvgIpc) is 3.31. The molecule has 1 unspecified atom stereocenters. The maximum atomic E-state index is 13.2. The number of aryl methyl sites for hydroxylation is 1. The fourth-order valence-corrected chi connectivity index (χ4v) is 5.06. The molecule has 1 aliphatic rings. The minimum atomic E-state index is -5.08. The molecule has 1 aromatic heterocycles. The van der Waals surface area contributed by atoms with Gasteiger partial charge in [-0.05, 0) is 68.3 Å². The summed E-state index contributed by atoms with van der Waals surface area (Å²) in [4.78, 5) is 39.7. The van der Waals surface area contributed by atoms with Crippen LogP contribution < -0.4 is 11.1 Å². The van der Waals surface area contributed by atoms with E-state index in [1.807, 2.05) is 36.4 Å². The number of hydrogen-bond acceptors (Lipinski definition) is 6. The predicted molar refractivity (Wildman–Crippen MR) is 134 cm³/mol. The number of para-hydroxylation sites is 1. The summed E-state index contributed by atoms with van der Waals surface area (Å²) in [6.45, 7) is 0.579. The molecule has 2 atom stereocenters. The first kappa shape index (κ1) is 28.3. The van der Waals surface area contributed by atoms with Gasteiger partial charge in [0.2, 0.25) is 11.7 Å². The highest BCUT2D eigenvalue weighted by molar-refractivity contribution is 7.20. The third kappa shape index (κ3) is 7.83. The molecular formula is C26H28F3N3O4S. The number of alkyl halides is 3. The van der Waals surface area contributed by atoms with Gasteiger partial charge >= 0.3 is 12.1 Å². The van der Waals surface area contributed by atoms with Gasteiger partial charge in [-0.2, -0.15) is 13.2 Å². The normalized spacial score (nSPS) is 15.7. The van der Waals surface area contributed by atoms with Crippen LogP contribution >= 0.6 is 11.3 Å². The highest BCUT2D eigenvalue weighted by Gasteiger charge is 2.38. The van der Waals surface area contributed by atoms with E-state index in [9.17, 15) is 22.8 Å². The van der Waals surface area contributed by atoms with Crippen molar-refractivity contribution in [2.45, 2.75) is 50.7 Å². The molecule has 11 heteroatoms. The third-order valence-electron chi connectivity index (χ3n) is 6.04. The minimum Gasteiger partial charge on any atom is -0.475 e. The smallest absolute Gasteiger partial charge is 0.475 e. The number of ketones is 1. The van der Waals surface area contributed by atoms with Crippen LogP contribution in [0.4, 0.5) is 13.2 Å². The van der Waals surface area contributed by atoms with Crippen LogP contribution in [0.15, 0.2) is 48.5 Å². The van der Waals surface area contributed by atoms with E-state index in [1.165, 1.54) is 22.5 Å². The fourth-order valence-electron chi connectivity index (χ4n) is 4.10. The maximum absolute atomic E-state index is 13.2. The zero-order chi connectivity index (χ0) is 27.0. The van der Waals surface area contributed by atoms with Crippen molar-refractivity contribution in [2.75, 3.05) is 6.54 Å². The van der Waals surface area contributed by atoms with Gasteiger partial charge in [-0.25, -0.2) is 9.78 Å². The maximum Gasteiger partial charge on any atom is 0.490 e. The summed E-state index contributed by atoms with van der Waals surface area (Å²) in [7, 11) is 0. The van der Waals surface area contributed by atoms with Crippen molar-refractivity contribution in [1.29, 1.82) is 0 Å². The molecule has 0 saturated heterocycles. The largest absolute Gasteiger partial charge is 0.490 e. The van der Waals surface area contributed by atoms with E-state index < -0.39 is 18.2 Å². The summed E-state index contributed by atoms with van der Waals surface area (Å²) in [5, 5.41) is 10.6. The number of amides is 1. The van der Waals surface area contributed by atoms with Crippen molar-refractivity contribution in [2.24, 2.45) is 11.7 Å². The van der Waals surface area contributed by atoms with Gasteiger partial charge in [-0.15, -0.1) is 11.3 Å². The Morgan fingerprint density at radius 3 is 2.38 bits per heavy atom. The van der Waals surface area contributed by atoms with Crippen LogP contribution in [0.3, 0.4) is 0 Å². The van der Waals surface area contributed by atoms with Gasteiger partial charge in [0.25, 0.3) is 0 Å². The molecule has 0 spiro atoms. The van der Waals surface area contributed by atoms with Crippen LogP contribution in [0, 0.1) is 5.92 Å². The number of carboxylic acids is 1. The Bertz CT molecular complexity index is 1210. The number of rotatable bonds is 8. The van der Waals surface area contributed by atoms with E-state index in [-0.39, 0.29) is 17.6 Å². The van der Waals surface area contributed by atoms with Gasteiger partial charge in [0.05, 0.1) is 16.3 Å². The lowest BCUT2D eigenvalue weighted by molar-refractivity contribution is -0.192. The Balaban J connectivity index is 0.000000479. The molecule has 0 radical (unpaired) electrons. The average molecular weight is 536 g/mol. The molecule has 0 bridgehead atoms. The highest BCUT2D eigenvalue weighted by Crippen LogP contribution is 2.27. The van der Waals surface area contributed by atoms with Gasteiger partial charge in [0.1, 0.15) is 0 Å². The van der Waals surface area contributed by atoms with Crippen molar-refractivity contribution in [3.63, 3.8) is 0 Å². The highest BCUT2D eigenvalue weighted by atomic mass is 32.1. The molecule has 1 heterocycles. The number of thiazole rings is 1.